The van der Waals surface area contributed by atoms with E-state index in [2.05, 4.69) is 11.3 Å². The highest BCUT2D eigenvalue weighted by Crippen LogP contribution is 2.01. The van der Waals surface area contributed by atoms with Crippen LogP contribution in [0.4, 0.5) is 4.79 Å². The maximum Gasteiger partial charge on any atom is 0.408 e. The topological polar surface area (TPSA) is 105 Å². The molecule has 0 unspecified atom stereocenters. The molecule has 0 heterocycles. The summed E-state index contributed by atoms with van der Waals surface area (Å²) in [7, 11) is 0. The predicted molar refractivity (Wildman–Crippen MR) is 74.3 cm³/mol. The first-order chi connectivity index (χ1) is 10.5. The van der Waals surface area contributed by atoms with E-state index in [9.17, 15) is 19.5 Å². The average molecular weight is 306 g/mol. The third-order valence-electron chi connectivity index (χ3n) is 2.52. The molecule has 22 heavy (non-hydrogen) atoms. The highest BCUT2D eigenvalue weighted by Gasteiger charge is 2.19. The molecule has 0 fully saturated rings. The molecule has 0 aliphatic rings. The van der Waals surface area contributed by atoms with Crippen LogP contribution in [0.25, 0.3) is 0 Å². The fourth-order valence-corrected chi connectivity index (χ4v) is 1.48. The van der Waals surface area contributed by atoms with E-state index in [1.54, 1.807) is 24.3 Å². The number of benzene rings is 1. The second-order valence-electron chi connectivity index (χ2n) is 4.25. The number of hydrogen-bond donors (Lipinski definition) is 1. The fraction of sp³-hybridized carbons (Fsp3) is 0.267. The molecule has 1 N–H and O–H groups in total. The fourth-order valence-electron chi connectivity index (χ4n) is 1.48. The maximum absolute atomic E-state index is 11.5. The van der Waals surface area contributed by atoms with Gasteiger partial charge in [-0.2, -0.15) is 0 Å². The number of amides is 1. The lowest BCUT2D eigenvalue weighted by molar-refractivity contribution is -0.308. The number of carboxylic acid groups (broad SMARTS) is 1. The molecule has 0 bridgehead atoms. The Hall–Kier alpha value is -2.83. The summed E-state index contributed by atoms with van der Waals surface area (Å²) in [6, 6.07) is 7.32. The van der Waals surface area contributed by atoms with Crippen molar-refractivity contribution in [3.05, 3.63) is 48.6 Å². The third kappa shape index (κ3) is 6.56. The number of rotatable bonds is 8. The standard InChI is InChI=1S/C15H17NO6/c1-2-8-21-13(17)9-12(14(18)19)16-15(20)22-10-11-6-4-3-5-7-11/h2-7,12H,1,8-10H2,(H,16,20)(H,18,19)/p-1/t12-/m0/s1. The molecule has 1 rings (SSSR count). The van der Waals surface area contributed by atoms with Crippen molar-refractivity contribution in [3.63, 3.8) is 0 Å². The van der Waals surface area contributed by atoms with Gasteiger partial charge in [0.25, 0.3) is 0 Å². The summed E-state index contributed by atoms with van der Waals surface area (Å²) in [4.78, 5) is 33.8. The summed E-state index contributed by atoms with van der Waals surface area (Å²) in [5.41, 5.74) is 0.744. The van der Waals surface area contributed by atoms with Gasteiger partial charge in [0.05, 0.1) is 18.4 Å². The van der Waals surface area contributed by atoms with Crippen LogP contribution in [-0.4, -0.2) is 30.7 Å². The molecule has 0 aromatic heterocycles. The Morgan fingerprint density at radius 2 is 1.91 bits per heavy atom. The second kappa shape index (κ2) is 9.17. The van der Waals surface area contributed by atoms with E-state index in [1.807, 2.05) is 11.4 Å². The van der Waals surface area contributed by atoms with Gasteiger partial charge in [-0.1, -0.05) is 43.0 Å². The largest absolute Gasteiger partial charge is 0.548 e. The number of carbonyl (C=O) groups excluding carboxylic acids is 3. The molecule has 1 amide bonds. The SMILES string of the molecule is C=CCOC(=O)C[C@H](NC(=O)OCc1ccccc1)C(=O)[O-]. The van der Waals surface area contributed by atoms with Crippen LogP contribution in [0.1, 0.15) is 12.0 Å². The summed E-state index contributed by atoms with van der Waals surface area (Å²) in [5, 5.41) is 13.0. The maximum atomic E-state index is 11.5. The van der Waals surface area contributed by atoms with Gasteiger partial charge in [-0.15, -0.1) is 0 Å². The van der Waals surface area contributed by atoms with E-state index in [0.29, 0.717) is 0 Å². The van der Waals surface area contributed by atoms with E-state index < -0.39 is 30.5 Å². The van der Waals surface area contributed by atoms with Crippen molar-refractivity contribution < 1.29 is 29.0 Å². The van der Waals surface area contributed by atoms with Crippen LogP contribution in [0.5, 0.6) is 0 Å². The lowest BCUT2D eigenvalue weighted by Gasteiger charge is -2.18. The summed E-state index contributed by atoms with van der Waals surface area (Å²) >= 11 is 0. The zero-order chi connectivity index (χ0) is 16.4. The van der Waals surface area contributed by atoms with Crippen molar-refractivity contribution in [2.24, 2.45) is 0 Å². The summed E-state index contributed by atoms with van der Waals surface area (Å²) in [5.74, 6) is -2.40. The van der Waals surface area contributed by atoms with Crippen LogP contribution in [0.3, 0.4) is 0 Å². The van der Waals surface area contributed by atoms with E-state index in [1.165, 1.54) is 6.08 Å². The van der Waals surface area contributed by atoms with Gasteiger partial charge in [-0.3, -0.25) is 4.79 Å². The minimum absolute atomic E-state index is 0.0205. The van der Waals surface area contributed by atoms with E-state index in [-0.39, 0.29) is 13.2 Å². The van der Waals surface area contributed by atoms with Crippen LogP contribution in [-0.2, 0) is 25.7 Å². The normalized spacial score (nSPS) is 11.1. The molecule has 1 aromatic carbocycles. The molecular formula is C15H16NO6-. The van der Waals surface area contributed by atoms with Gasteiger partial charge in [0.15, 0.2) is 0 Å². The van der Waals surface area contributed by atoms with E-state index in [0.717, 1.165) is 5.56 Å². The molecule has 7 nitrogen and oxygen atoms in total. The Morgan fingerprint density at radius 1 is 1.23 bits per heavy atom. The average Bonchev–Trinajstić information content (AvgIpc) is 2.51. The van der Waals surface area contributed by atoms with Crippen LogP contribution >= 0.6 is 0 Å². The molecule has 0 radical (unpaired) electrons. The molecule has 1 atom stereocenters. The quantitative estimate of drug-likeness (QED) is 0.541. The lowest BCUT2D eigenvalue weighted by Crippen LogP contribution is -2.49. The van der Waals surface area contributed by atoms with Gasteiger partial charge in [-0.05, 0) is 5.56 Å². The van der Waals surface area contributed by atoms with Crippen molar-refractivity contribution in [1.29, 1.82) is 0 Å². The van der Waals surface area contributed by atoms with Crippen molar-refractivity contribution >= 4 is 18.0 Å². The molecule has 1 aromatic rings. The van der Waals surface area contributed by atoms with Gasteiger partial charge in [0, 0.05) is 0 Å². The van der Waals surface area contributed by atoms with Gasteiger partial charge in [-0.25, -0.2) is 4.79 Å². The molecule has 0 saturated heterocycles. The lowest BCUT2D eigenvalue weighted by atomic mass is 10.2. The highest BCUT2D eigenvalue weighted by atomic mass is 16.5. The van der Waals surface area contributed by atoms with Crippen LogP contribution in [0, 0.1) is 0 Å². The number of esters is 1. The first kappa shape index (κ1) is 17.2. The molecule has 0 saturated carbocycles. The second-order valence-corrected chi connectivity index (χ2v) is 4.25. The molecule has 0 aliphatic carbocycles. The molecule has 0 aliphatic heterocycles. The number of nitrogens with one attached hydrogen (secondary N) is 1. The molecule has 0 spiro atoms. The number of hydrogen-bond acceptors (Lipinski definition) is 6. The monoisotopic (exact) mass is 306 g/mol. The Kier molecular flexibility index (Phi) is 7.18. The van der Waals surface area contributed by atoms with Gasteiger partial charge < -0.3 is 24.7 Å². The van der Waals surface area contributed by atoms with Crippen molar-refractivity contribution in [3.8, 4) is 0 Å². The summed E-state index contributed by atoms with van der Waals surface area (Å²) in [6.07, 6.45) is -0.182. The number of aliphatic carboxylic acids is 1. The Labute approximate surface area is 127 Å². The zero-order valence-corrected chi connectivity index (χ0v) is 11.8. The minimum Gasteiger partial charge on any atom is -0.548 e. The number of ether oxygens (including phenoxy) is 2. The first-order valence-corrected chi connectivity index (χ1v) is 6.47. The minimum atomic E-state index is -1.60. The van der Waals surface area contributed by atoms with Gasteiger partial charge >= 0.3 is 12.1 Å². The van der Waals surface area contributed by atoms with E-state index >= 15 is 0 Å². The summed E-state index contributed by atoms with van der Waals surface area (Å²) in [6.45, 7) is 3.29. The number of carbonyl (C=O) groups is 3. The van der Waals surface area contributed by atoms with Gasteiger partial charge in [0.1, 0.15) is 13.2 Å². The van der Waals surface area contributed by atoms with Crippen molar-refractivity contribution in [2.45, 2.75) is 19.1 Å². The van der Waals surface area contributed by atoms with E-state index in [4.69, 9.17) is 4.74 Å². The molecular weight excluding hydrogens is 290 g/mol. The van der Waals surface area contributed by atoms with Crippen LogP contribution < -0.4 is 10.4 Å². The van der Waals surface area contributed by atoms with Crippen LogP contribution in [0.15, 0.2) is 43.0 Å². The Bertz CT molecular complexity index is 528. The highest BCUT2D eigenvalue weighted by molar-refractivity contribution is 5.84. The van der Waals surface area contributed by atoms with Crippen molar-refractivity contribution in [2.75, 3.05) is 6.61 Å². The first-order valence-electron chi connectivity index (χ1n) is 6.47. The summed E-state index contributed by atoms with van der Waals surface area (Å²) < 4.78 is 9.50. The Morgan fingerprint density at radius 3 is 2.50 bits per heavy atom. The third-order valence-corrected chi connectivity index (χ3v) is 2.52. The molecule has 118 valence electrons. The Balaban J connectivity index is 2.45. The zero-order valence-electron chi connectivity index (χ0n) is 11.8. The van der Waals surface area contributed by atoms with Gasteiger partial charge in [0.2, 0.25) is 0 Å². The smallest absolute Gasteiger partial charge is 0.408 e. The van der Waals surface area contributed by atoms with Crippen LogP contribution in [0.2, 0.25) is 0 Å². The van der Waals surface area contributed by atoms with Crippen molar-refractivity contribution in [1.82, 2.24) is 5.32 Å². The number of alkyl carbamates (subject to hydrolysis) is 1. The molecule has 7 heteroatoms. The number of carboxylic acids is 1. The predicted octanol–water partition coefficient (Wildman–Crippen LogP) is 0.151.